The first kappa shape index (κ1) is 19.3. The van der Waals surface area contributed by atoms with Gasteiger partial charge in [-0.3, -0.25) is 0 Å². The molecular formula is C18H36N2. The lowest BCUT2D eigenvalue weighted by Gasteiger charge is -2.25. The highest BCUT2D eigenvalue weighted by molar-refractivity contribution is 4.74. The Hall–Kier alpha value is -0.660. The van der Waals surface area contributed by atoms with Crippen molar-refractivity contribution in [2.24, 2.45) is 21.6 Å². The molecule has 0 fully saturated rings. The van der Waals surface area contributed by atoms with Gasteiger partial charge in [-0.15, -0.1) is 0 Å². The maximum Gasteiger partial charge on any atom is 0.0684 e. The Bertz CT molecular complexity index is 279. The van der Waals surface area contributed by atoms with Crippen LogP contribution in [0.1, 0.15) is 86.5 Å². The van der Waals surface area contributed by atoms with E-state index in [-0.39, 0.29) is 0 Å². The summed E-state index contributed by atoms with van der Waals surface area (Å²) >= 11 is 0. The molecule has 0 aliphatic rings. The van der Waals surface area contributed by atoms with Crippen LogP contribution in [0.25, 0.3) is 0 Å². The van der Waals surface area contributed by atoms with Crippen LogP contribution >= 0.6 is 0 Å². The van der Waals surface area contributed by atoms with Crippen molar-refractivity contribution < 1.29 is 0 Å². The van der Waals surface area contributed by atoms with Gasteiger partial charge in [0.15, 0.2) is 0 Å². The van der Waals surface area contributed by atoms with E-state index < -0.39 is 0 Å². The molecule has 0 rings (SSSR count). The standard InChI is InChI=1S/C18H36N2/c1-7-15-19-20-17(4)12-10-14-18(5,6)13-9-11-16(3)8-2/h7,15-17H,8-14H2,1-6H3/b15-7-,20-19?. The lowest BCUT2D eigenvalue weighted by Crippen LogP contribution is -2.12. The number of rotatable bonds is 11. The van der Waals surface area contributed by atoms with E-state index >= 15 is 0 Å². The summed E-state index contributed by atoms with van der Waals surface area (Å²) in [4.78, 5) is 0. The molecule has 0 aliphatic heterocycles. The summed E-state index contributed by atoms with van der Waals surface area (Å²) in [6, 6.07) is 0.349. The van der Waals surface area contributed by atoms with Crippen molar-refractivity contribution in [2.45, 2.75) is 92.5 Å². The van der Waals surface area contributed by atoms with Crippen molar-refractivity contribution in [3.05, 3.63) is 12.3 Å². The average molecular weight is 280 g/mol. The molecule has 2 heteroatoms. The fourth-order valence-corrected chi connectivity index (χ4v) is 2.41. The molecule has 0 aromatic carbocycles. The summed E-state index contributed by atoms with van der Waals surface area (Å²) in [6.07, 6.45) is 12.8. The zero-order valence-electron chi connectivity index (χ0n) is 14.7. The molecule has 2 unspecified atom stereocenters. The van der Waals surface area contributed by atoms with Gasteiger partial charge in [0.2, 0.25) is 0 Å². The minimum atomic E-state index is 0.349. The monoisotopic (exact) mass is 280 g/mol. The molecule has 0 N–H and O–H groups in total. The molecule has 0 saturated carbocycles. The van der Waals surface area contributed by atoms with Crippen LogP contribution in [-0.2, 0) is 0 Å². The zero-order chi connectivity index (χ0) is 15.4. The minimum Gasteiger partial charge on any atom is -0.186 e. The molecule has 0 heterocycles. The highest BCUT2D eigenvalue weighted by atomic mass is 15.1. The van der Waals surface area contributed by atoms with Gasteiger partial charge in [0.25, 0.3) is 0 Å². The molecule has 0 aromatic heterocycles. The number of hydrogen-bond donors (Lipinski definition) is 0. The van der Waals surface area contributed by atoms with Gasteiger partial charge in [-0.25, -0.2) is 0 Å². The third-order valence-corrected chi connectivity index (χ3v) is 4.20. The quantitative estimate of drug-likeness (QED) is 0.373. The maximum atomic E-state index is 4.27. The van der Waals surface area contributed by atoms with E-state index in [0.717, 1.165) is 12.3 Å². The second-order valence-corrected chi connectivity index (χ2v) is 7.02. The highest BCUT2D eigenvalue weighted by Crippen LogP contribution is 2.31. The van der Waals surface area contributed by atoms with Crippen LogP contribution < -0.4 is 0 Å². The van der Waals surface area contributed by atoms with Crippen LogP contribution in [0.3, 0.4) is 0 Å². The number of allylic oxidation sites excluding steroid dienone is 1. The third kappa shape index (κ3) is 11.2. The van der Waals surface area contributed by atoms with Gasteiger partial charge in [-0.05, 0) is 44.4 Å². The fourth-order valence-electron chi connectivity index (χ4n) is 2.41. The lowest BCUT2D eigenvalue weighted by molar-refractivity contribution is 0.274. The van der Waals surface area contributed by atoms with E-state index in [4.69, 9.17) is 0 Å². The summed E-state index contributed by atoms with van der Waals surface area (Å²) in [5, 5.41) is 8.30. The Morgan fingerprint density at radius 3 is 2.20 bits per heavy atom. The topological polar surface area (TPSA) is 24.7 Å². The van der Waals surface area contributed by atoms with Crippen molar-refractivity contribution in [3.63, 3.8) is 0 Å². The summed E-state index contributed by atoms with van der Waals surface area (Å²) in [5.41, 5.74) is 0.480. The summed E-state index contributed by atoms with van der Waals surface area (Å²) < 4.78 is 0. The van der Waals surface area contributed by atoms with Gasteiger partial charge in [-0.1, -0.05) is 59.5 Å². The van der Waals surface area contributed by atoms with Crippen LogP contribution in [-0.4, -0.2) is 6.04 Å². The molecule has 0 aliphatic carbocycles. The Morgan fingerprint density at radius 1 is 1.05 bits per heavy atom. The van der Waals surface area contributed by atoms with Gasteiger partial charge >= 0.3 is 0 Å². The van der Waals surface area contributed by atoms with Gasteiger partial charge in [0.1, 0.15) is 0 Å². The van der Waals surface area contributed by atoms with Gasteiger partial charge in [0.05, 0.1) is 6.04 Å². The van der Waals surface area contributed by atoms with Gasteiger partial charge in [0, 0.05) is 6.20 Å². The second-order valence-electron chi connectivity index (χ2n) is 7.02. The molecule has 2 atom stereocenters. The minimum absolute atomic E-state index is 0.349. The Labute approximate surface area is 127 Å². The summed E-state index contributed by atoms with van der Waals surface area (Å²) in [6.45, 7) is 13.6. The van der Waals surface area contributed by atoms with Gasteiger partial charge < -0.3 is 0 Å². The van der Waals surface area contributed by atoms with Crippen molar-refractivity contribution >= 4 is 0 Å². The first-order valence-corrected chi connectivity index (χ1v) is 8.42. The van der Waals surface area contributed by atoms with Crippen molar-refractivity contribution in [3.8, 4) is 0 Å². The van der Waals surface area contributed by atoms with Crippen LogP contribution in [0.2, 0.25) is 0 Å². The van der Waals surface area contributed by atoms with E-state index in [1.807, 2.05) is 13.0 Å². The Morgan fingerprint density at radius 2 is 1.65 bits per heavy atom. The average Bonchev–Trinajstić information content (AvgIpc) is 2.38. The molecular weight excluding hydrogens is 244 g/mol. The molecule has 2 nitrogen and oxygen atoms in total. The normalized spacial score (nSPS) is 16.1. The SMILES string of the molecule is C/C=C\N=NC(C)CCCC(C)(C)CCCC(C)CC. The van der Waals surface area contributed by atoms with Crippen LogP contribution in [0.4, 0.5) is 0 Å². The van der Waals surface area contributed by atoms with E-state index in [2.05, 4.69) is 44.8 Å². The smallest absolute Gasteiger partial charge is 0.0684 e. The first-order valence-electron chi connectivity index (χ1n) is 8.42. The fraction of sp³-hybridized carbons (Fsp3) is 0.889. The molecule has 20 heavy (non-hydrogen) atoms. The maximum absolute atomic E-state index is 4.27. The number of azo groups is 1. The number of nitrogens with zero attached hydrogens (tertiary/aromatic N) is 2. The summed E-state index contributed by atoms with van der Waals surface area (Å²) in [7, 11) is 0. The molecule has 118 valence electrons. The molecule has 0 radical (unpaired) electrons. The third-order valence-electron chi connectivity index (χ3n) is 4.20. The van der Waals surface area contributed by atoms with E-state index in [9.17, 15) is 0 Å². The van der Waals surface area contributed by atoms with Crippen LogP contribution in [0.5, 0.6) is 0 Å². The molecule has 0 spiro atoms. The van der Waals surface area contributed by atoms with E-state index in [1.54, 1.807) is 6.20 Å². The second kappa shape index (κ2) is 11.0. The van der Waals surface area contributed by atoms with E-state index in [0.29, 0.717) is 11.5 Å². The molecule has 0 saturated heterocycles. The predicted octanol–water partition coefficient (Wildman–Crippen LogP) is 6.77. The molecule has 0 aromatic rings. The molecule has 0 bridgehead atoms. The van der Waals surface area contributed by atoms with E-state index in [1.165, 1.54) is 38.5 Å². The van der Waals surface area contributed by atoms with Crippen molar-refractivity contribution in [1.29, 1.82) is 0 Å². The highest BCUT2D eigenvalue weighted by Gasteiger charge is 2.17. The Balaban J connectivity index is 3.80. The number of hydrogen-bond acceptors (Lipinski definition) is 2. The summed E-state index contributed by atoms with van der Waals surface area (Å²) in [5.74, 6) is 0.887. The van der Waals surface area contributed by atoms with Crippen molar-refractivity contribution in [2.75, 3.05) is 0 Å². The first-order chi connectivity index (χ1) is 9.41. The molecule has 0 amide bonds. The lowest BCUT2D eigenvalue weighted by atomic mass is 9.81. The largest absolute Gasteiger partial charge is 0.186 e. The van der Waals surface area contributed by atoms with Crippen molar-refractivity contribution in [1.82, 2.24) is 0 Å². The van der Waals surface area contributed by atoms with Crippen LogP contribution in [0.15, 0.2) is 22.5 Å². The Kier molecular flexibility index (Phi) is 10.7. The predicted molar refractivity (Wildman–Crippen MR) is 90.1 cm³/mol. The van der Waals surface area contributed by atoms with Gasteiger partial charge in [-0.2, -0.15) is 10.2 Å². The zero-order valence-corrected chi connectivity index (χ0v) is 14.7. The van der Waals surface area contributed by atoms with Crippen LogP contribution in [0, 0.1) is 11.3 Å².